The zero-order chi connectivity index (χ0) is 20.0. The Hall–Kier alpha value is -2.70. The van der Waals surface area contributed by atoms with Gasteiger partial charge in [-0.2, -0.15) is 0 Å². The second kappa shape index (κ2) is 12.6. The summed E-state index contributed by atoms with van der Waals surface area (Å²) < 4.78 is 0. The summed E-state index contributed by atoms with van der Waals surface area (Å²) in [5, 5.41) is 34.2. The standard InChI is InChI=1S/2C7H6O2.C6H14O2/c2*8-7(9)6-4-2-1-3-5-6;1-3-4-5-6(2,7)8/h2*1-5H,(H,8,9);7-8H,3-5H2,1-2H3. The first kappa shape index (κ1) is 23.3. The molecule has 4 N–H and O–H groups in total. The van der Waals surface area contributed by atoms with Crippen LogP contribution in [0.3, 0.4) is 0 Å². The molecule has 0 aliphatic rings. The van der Waals surface area contributed by atoms with Crippen molar-refractivity contribution in [3.05, 3.63) is 71.8 Å². The largest absolute Gasteiger partial charge is 0.478 e. The van der Waals surface area contributed by atoms with Crippen molar-refractivity contribution < 1.29 is 30.0 Å². The van der Waals surface area contributed by atoms with E-state index < -0.39 is 17.7 Å². The lowest BCUT2D eigenvalue weighted by Crippen LogP contribution is -2.22. The minimum Gasteiger partial charge on any atom is -0.478 e. The Morgan fingerprint density at radius 1 is 0.808 bits per heavy atom. The summed E-state index contributed by atoms with van der Waals surface area (Å²) in [4.78, 5) is 20.4. The molecule has 0 saturated heterocycles. The van der Waals surface area contributed by atoms with Gasteiger partial charge in [-0.1, -0.05) is 49.7 Å². The van der Waals surface area contributed by atoms with Gasteiger partial charge in [0.05, 0.1) is 11.1 Å². The first-order chi connectivity index (χ1) is 12.2. The minimum atomic E-state index is -1.45. The number of carbonyl (C=O) groups is 2. The highest BCUT2D eigenvalue weighted by Gasteiger charge is 2.12. The fourth-order valence-corrected chi connectivity index (χ4v) is 1.67. The number of aliphatic hydroxyl groups is 2. The number of carboxylic acid groups (broad SMARTS) is 2. The summed E-state index contributed by atoms with van der Waals surface area (Å²) in [6.45, 7) is 3.42. The van der Waals surface area contributed by atoms with Crippen molar-refractivity contribution in [2.45, 2.75) is 38.9 Å². The maximum Gasteiger partial charge on any atom is 0.335 e. The predicted molar refractivity (Wildman–Crippen MR) is 99.2 cm³/mol. The van der Waals surface area contributed by atoms with E-state index >= 15 is 0 Å². The van der Waals surface area contributed by atoms with Crippen LogP contribution < -0.4 is 0 Å². The SMILES string of the molecule is CCCCC(C)(O)O.O=C(O)c1ccccc1.O=C(O)c1ccccc1. The first-order valence-corrected chi connectivity index (χ1v) is 8.18. The molecule has 0 spiro atoms. The van der Waals surface area contributed by atoms with Crippen LogP contribution in [0.2, 0.25) is 0 Å². The summed E-state index contributed by atoms with van der Waals surface area (Å²) in [5.41, 5.74) is 0.662. The van der Waals surface area contributed by atoms with E-state index in [9.17, 15) is 9.59 Å². The van der Waals surface area contributed by atoms with Gasteiger partial charge in [0.15, 0.2) is 5.79 Å². The maximum atomic E-state index is 10.2. The molecule has 26 heavy (non-hydrogen) atoms. The van der Waals surface area contributed by atoms with Gasteiger partial charge in [-0.3, -0.25) is 0 Å². The molecular weight excluding hydrogens is 336 g/mol. The molecule has 2 aromatic rings. The fourth-order valence-electron chi connectivity index (χ4n) is 1.67. The molecule has 6 nitrogen and oxygen atoms in total. The lowest BCUT2D eigenvalue weighted by atomic mass is 10.1. The van der Waals surface area contributed by atoms with Gasteiger partial charge in [-0.15, -0.1) is 0 Å². The predicted octanol–water partition coefficient (Wildman–Crippen LogP) is 3.65. The van der Waals surface area contributed by atoms with Gasteiger partial charge in [0, 0.05) is 6.42 Å². The average molecular weight is 362 g/mol. The molecule has 0 unspecified atom stereocenters. The molecule has 0 heterocycles. The molecule has 6 heteroatoms. The Morgan fingerprint density at radius 3 is 1.31 bits per heavy atom. The summed E-state index contributed by atoms with van der Waals surface area (Å²) in [7, 11) is 0. The summed E-state index contributed by atoms with van der Waals surface area (Å²) in [6.07, 6.45) is 2.36. The molecule has 0 fully saturated rings. The topological polar surface area (TPSA) is 115 Å². The minimum absolute atomic E-state index is 0.331. The van der Waals surface area contributed by atoms with Gasteiger partial charge in [-0.25, -0.2) is 9.59 Å². The van der Waals surface area contributed by atoms with Gasteiger partial charge in [0.2, 0.25) is 0 Å². The Balaban J connectivity index is 0.000000362. The summed E-state index contributed by atoms with van der Waals surface area (Å²) >= 11 is 0. The monoisotopic (exact) mass is 362 g/mol. The van der Waals surface area contributed by atoms with Crippen molar-refractivity contribution in [1.82, 2.24) is 0 Å². The highest BCUT2D eigenvalue weighted by molar-refractivity contribution is 5.87. The molecule has 0 aliphatic heterocycles. The zero-order valence-electron chi connectivity index (χ0n) is 15.0. The van der Waals surface area contributed by atoms with Gasteiger partial charge < -0.3 is 20.4 Å². The molecule has 0 aromatic heterocycles. The van der Waals surface area contributed by atoms with Crippen molar-refractivity contribution in [3.8, 4) is 0 Å². The molecular formula is C20H26O6. The lowest BCUT2D eigenvalue weighted by Gasteiger charge is -2.13. The highest BCUT2D eigenvalue weighted by atomic mass is 16.5. The molecule has 0 saturated carbocycles. The Labute approximate surface area is 153 Å². The van der Waals surface area contributed by atoms with Crippen LogP contribution in [0.5, 0.6) is 0 Å². The maximum absolute atomic E-state index is 10.2. The molecule has 0 bridgehead atoms. The van der Waals surface area contributed by atoms with E-state index in [4.69, 9.17) is 20.4 Å². The number of hydrogen-bond donors (Lipinski definition) is 4. The van der Waals surface area contributed by atoms with Crippen molar-refractivity contribution in [2.75, 3.05) is 0 Å². The molecule has 0 amide bonds. The highest BCUT2D eigenvalue weighted by Crippen LogP contribution is 2.07. The van der Waals surface area contributed by atoms with Crippen LogP contribution in [0, 0.1) is 0 Å². The van der Waals surface area contributed by atoms with E-state index in [1.54, 1.807) is 60.7 Å². The van der Waals surface area contributed by atoms with Crippen LogP contribution in [0.1, 0.15) is 53.8 Å². The average Bonchev–Trinajstić information content (AvgIpc) is 2.62. The van der Waals surface area contributed by atoms with Crippen molar-refractivity contribution in [3.63, 3.8) is 0 Å². The summed E-state index contributed by atoms with van der Waals surface area (Å²) in [5.74, 6) is -3.21. The van der Waals surface area contributed by atoms with Gasteiger partial charge in [0.1, 0.15) is 0 Å². The quantitative estimate of drug-likeness (QED) is 0.604. The Bertz CT molecular complexity index is 583. The Morgan fingerprint density at radius 2 is 1.15 bits per heavy atom. The molecule has 0 aliphatic carbocycles. The van der Waals surface area contributed by atoms with E-state index in [2.05, 4.69) is 0 Å². The third-order valence-corrected chi connectivity index (χ3v) is 3.05. The Kier molecular flexibility index (Phi) is 11.3. The van der Waals surface area contributed by atoms with E-state index in [0.717, 1.165) is 12.8 Å². The third kappa shape index (κ3) is 12.7. The van der Waals surface area contributed by atoms with Crippen LogP contribution in [-0.4, -0.2) is 38.2 Å². The van der Waals surface area contributed by atoms with Crippen LogP contribution in [0.25, 0.3) is 0 Å². The molecule has 0 radical (unpaired) electrons. The number of unbranched alkanes of at least 4 members (excludes halogenated alkanes) is 1. The number of benzene rings is 2. The van der Waals surface area contributed by atoms with E-state index in [1.165, 1.54) is 6.92 Å². The molecule has 2 rings (SSSR count). The second-order valence-electron chi connectivity index (χ2n) is 5.66. The fraction of sp³-hybridized carbons (Fsp3) is 0.300. The van der Waals surface area contributed by atoms with Crippen molar-refractivity contribution in [1.29, 1.82) is 0 Å². The number of aromatic carboxylic acids is 2. The first-order valence-electron chi connectivity index (χ1n) is 8.18. The number of rotatable bonds is 5. The van der Waals surface area contributed by atoms with Gasteiger partial charge >= 0.3 is 11.9 Å². The van der Waals surface area contributed by atoms with E-state index in [1.807, 2.05) is 6.92 Å². The van der Waals surface area contributed by atoms with Crippen LogP contribution in [0.15, 0.2) is 60.7 Å². The van der Waals surface area contributed by atoms with Crippen LogP contribution in [0.4, 0.5) is 0 Å². The lowest BCUT2D eigenvalue weighted by molar-refractivity contribution is -0.150. The normalized spacial score (nSPS) is 9.85. The van der Waals surface area contributed by atoms with Crippen molar-refractivity contribution in [2.24, 2.45) is 0 Å². The number of hydrogen-bond acceptors (Lipinski definition) is 4. The third-order valence-electron chi connectivity index (χ3n) is 3.05. The molecule has 2 aromatic carbocycles. The smallest absolute Gasteiger partial charge is 0.335 e. The molecule has 142 valence electrons. The molecule has 0 atom stereocenters. The van der Waals surface area contributed by atoms with Crippen LogP contribution in [-0.2, 0) is 0 Å². The second-order valence-corrected chi connectivity index (χ2v) is 5.66. The van der Waals surface area contributed by atoms with Crippen LogP contribution >= 0.6 is 0 Å². The van der Waals surface area contributed by atoms with E-state index in [0.29, 0.717) is 17.5 Å². The summed E-state index contributed by atoms with van der Waals surface area (Å²) in [6, 6.07) is 16.6. The van der Waals surface area contributed by atoms with Gasteiger partial charge in [0.25, 0.3) is 0 Å². The number of carboxylic acids is 2. The zero-order valence-corrected chi connectivity index (χ0v) is 15.0. The van der Waals surface area contributed by atoms with Crippen molar-refractivity contribution >= 4 is 11.9 Å². The van der Waals surface area contributed by atoms with E-state index in [-0.39, 0.29) is 0 Å². The van der Waals surface area contributed by atoms with Gasteiger partial charge in [-0.05, 0) is 37.6 Å².